The van der Waals surface area contributed by atoms with Crippen molar-refractivity contribution in [3.63, 3.8) is 0 Å². The fourth-order valence-corrected chi connectivity index (χ4v) is 5.67. The molecule has 0 radical (unpaired) electrons. The number of nitrogens with zero attached hydrogens (tertiary/aromatic N) is 3. The number of fused-ring (bicyclic) bond motifs is 1. The minimum atomic E-state index is -0.218. The van der Waals surface area contributed by atoms with Crippen molar-refractivity contribution in [1.29, 1.82) is 0 Å². The van der Waals surface area contributed by atoms with Gasteiger partial charge in [0, 0.05) is 34.9 Å². The van der Waals surface area contributed by atoms with E-state index in [4.69, 9.17) is 14.5 Å². The quantitative estimate of drug-likeness (QED) is 0.160. The third-order valence-corrected chi connectivity index (χ3v) is 8.37. The molecule has 0 bridgehead atoms. The van der Waals surface area contributed by atoms with Gasteiger partial charge in [0.05, 0.1) is 23.7 Å². The minimum Gasteiger partial charge on any atom is -0.490 e. The molecule has 0 saturated carbocycles. The van der Waals surface area contributed by atoms with Crippen molar-refractivity contribution < 1.29 is 9.47 Å². The van der Waals surface area contributed by atoms with Gasteiger partial charge in [-0.3, -0.25) is 4.79 Å². The highest BCUT2D eigenvalue weighted by molar-refractivity contribution is 9.11. The molecule has 0 saturated heterocycles. The Morgan fingerprint density at radius 1 is 0.947 bits per heavy atom. The van der Waals surface area contributed by atoms with Crippen molar-refractivity contribution in [2.24, 2.45) is 5.10 Å². The molecule has 1 heterocycles. The Bertz CT molecular complexity index is 1570. The summed E-state index contributed by atoms with van der Waals surface area (Å²) in [4.78, 5) is 18.2. The molecule has 3 aromatic carbocycles. The Morgan fingerprint density at radius 2 is 1.66 bits per heavy atom. The first-order chi connectivity index (χ1) is 18.2. The van der Waals surface area contributed by atoms with Crippen molar-refractivity contribution in [1.82, 2.24) is 9.66 Å². The van der Waals surface area contributed by atoms with Crippen LogP contribution in [0.4, 0.5) is 0 Å². The van der Waals surface area contributed by atoms with Crippen molar-refractivity contribution in [2.45, 2.75) is 39.7 Å². The summed E-state index contributed by atoms with van der Waals surface area (Å²) < 4.78 is 16.9. The molecule has 6 nitrogen and oxygen atoms in total. The summed E-state index contributed by atoms with van der Waals surface area (Å²) in [5.74, 6) is 1.84. The van der Waals surface area contributed by atoms with Crippen molar-refractivity contribution >= 4 is 80.8 Å². The molecular weight excluding hydrogens is 746 g/mol. The molecule has 38 heavy (non-hydrogen) atoms. The lowest BCUT2D eigenvalue weighted by Gasteiger charge is -2.15. The zero-order valence-electron chi connectivity index (χ0n) is 21.0. The fraction of sp³-hybridized carbons (Fsp3) is 0.250. The number of hydrogen-bond donors (Lipinski definition) is 0. The van der Waals surface area contributed by atoms with Crippen LogP contribution < -0.4 is 15.0 Å². The van der Waals surface area contributed by atoms with Crippen LogP contribution >= 0.6 is 63.7 Å². The van der Waals surface area contributed by atoms with Crippen LogP contribution in [-0.4, -0.2) is 22.5 Å². The van der Waals surface area contributed by atoms with E-state index in [0.717, 1.165) is 35.4 Å². The monoisotopic (exact) mass is 767 g/mol. The number of ether oxygens (including phenoxy) is 2. The highest BCUT2D eigenvalue weighted by Gasteiger charge is 2.16. The van der Waals surface area contributed by atoms with Gasteiger partial charge in [-0.25, -0.2) is 4.98 Å². The smallest absolute Gasteiger partial charge is 0.282 e. The third kappa shape index (κ3) is 6.58. The number of benzene rings is 3. The van der Waals surface area contributed by atoms with Gasteiger partial charge in [-0.15, -0.1) is 0 Å². The first kappa shape index (κ1) is 29.0. The highest BCUT2D eigenvalue weighted by atomic mass is 79.9. The van der Waals surface area contributed by atoms with Crippen LogP contribution in [0.25, 0.3) is 10.9 Å². The second kappa shape index (κ2) is 12.9. The first-order valence-corrected chi connectivity index (χ1v) is 15.2. The summed E-state index contributed by atoms with van der Waals surface area (Å²) in [5.41, 5.74) is 2.18. The van der Waals surface area contributed by atoms with E-state index in [2.05, 4.69) is 75.7 Å². The van der Waals surface area contributed by atoms with E-state index in [-0.39, 0.29) is 11.5 Å². The molecule has 0 spiro atoms. The van der Waals surface area contributed by atoms with E-state index in [1.807, 2.05) is 56.3 Å². The lowest BCUT2D eigenvalue weighted by molar-refractivity contribution is 0.268. The van der Waals surface area contributed by atoms with Crippen LogP contribution in [0.5, 0.6) is 11.5 Å². The summed E-state index contributed by atoms with van der Waals surface area (Å²) in [6, 6.07) is 15.1. The lowest BCUT2D eigenvalue weighted by atomic mass is 10.1. The van der Waals surface area contributed by atoms with Crippen LogP contribution in [0.2, 0.25) is 0 Å². The summed E-state index contributed by atoms with van der Waals surface area (Å²) in [6.45, 7) is 6.85. The van der Waals surface area contributed by atoms with Gasteiger partial charge in [0.1, 0.15) is 12.4 Å². The largest absolute Gasteiger partial charge is 0.490 e. The van der Waals surface area contributed by atoms with Gasteiger partial charge in [0.2, 0.25) is 0 Å². The molecular formula is C28H25Br4N3O3. The van der Waals surface area contributed by atoms with E-state index in [1.165, 1.54) is 4.68 Å². The maximum atomic E-state index is 13.4. The van der Waals surface area contributed by atoms with Crippen LogP contribution in [0.3, 0.4) is 0 Å². The second-order valence-electron chi connectivity index (χ2n) is 8.58. The van der Waals surface area contributed by atoms with Gasteiger partial charge in [-0.05, 0) is 71.7 Å². The number of halogens is 4. The van der Waals surface area contributed by atoms with Crippen molar-refractivity contribution in [3.05, 3.63) is 93.7 Å². The minimum absolute atomic E-state index is 0.0454. The lowest BCUT2D eigenvalue weighted by Crippen LogP contribution is -2.23. The number of hydrogen-bond acceptors (Lipinski definition) is 5. The topological polar surface area (TPSA) is 65.7 Å². The summed E-state index contributed by atoms with van der Waals surface area (Å²) in [7, 11) is 0. The van der Waals surface area contributed by atoms with Crippen LogP contribution in [0, 0.1) is 0 Å². The Balaban J connectivity index is 1.71. The molecule has 1 aromatic heterocycles. The van der Waals surface area contributed by atoms with Gasteiger partial charge in [-0.1, -0.05) is 67.7 Å². The Labute approximate surface area is 255 Å². The molecule has 0 N–H and O–H groups in total. The normalized spacial score (nSPS) is 12.3. The van der Waals surface area contributed by atoms with Gasteiger partial charge in [0.25, 0.3) is 5.56 Å². The van der Waals surface area contributed by atoms with Gasteiger partial charge in [0.15, 0.2) is 11.5 Å². The maximum Gasteiger partial charge on any atom is 0.282 e. The van der Waals surface area contributed by atoms with Gasteiger partial charge >= 0.3 is 0 Å². The molecule has 10 heteroatoms. The Hall–Kier alpha value is -2.01. The zero-order chi connectivity index (χ0) is 27.4. The van der Waals surface area contributed by atoms with E-state index in [9.17, 15) is 4.79 Å². The van der Waals surface area contributed by atoms with Crippen LogP contribution in [-0.2, 0) is 6.61 Å². The molecule has 198 valence electrons. The average molecular weight is 771 g/mol. The predicted molar refractivity (Wildman–Crippen MR) is 167 cm³/mol. The molecule has 0 aliphatic carbocycles. The summed E-state index contributed by atoms with van der Waals surface area (Å²) >= 11 is 14.1. The molecule has 4 aromatic rings. The van der Waals surface area contributed by atoms with E-state index in [0.29, 0.717) is 41.4 Å². The Morgan fingerprint density at radius 3 is 2.37 bits per heavy atom. The van der Waals surface area contributed by atoms with E-state index >= 15 is 0 Å². The summed E-state index contributed by atoms with van der Waals surface area (Å²) in [6.07, 6.45) is 2.46. The Kier molecular flexibility index (Phi) is 9.84. The number of aromatic nitrogens is 2. The van der Waals surface area contributed by atoms with Gasteiger partial charge in [-0.2, -0.15) is 9.78 Å². The molecule has 0 aliphatic heterocycles. The molecule has 4 rings (SSSR count). The SMILES string of the molecule is CCOc1cc(C=Nn2c([C@H](C)CC)nc3ccc(Br)cc3c2=O)c(Br)cc1OCc1ccc(Br)cc1Br. The molecule has 0 amide bonds. The van der Waals surface area contributed by atoms with Crippen LogP contribution in [0.1, 0.15) is 50.1 Å². The maximum absolute atomic E-state index is 13.4. The highest BCUT2D eigenvalue weighted by Crippen LogP contribution is 2.34. The van der Waals surface area contributed by atoms with Crippen molar-refractivity contribution in [3.8, 4) is 11.5 Å². The van der Waals surface area contributed by atoms with E-state index < -0.39 is 0 Å². The summed E-state index contributed by atoms with van der Waals surface area (Å²) in [5, 5.41) is 5.09. The average Bonchev–Trinajstić information content (AvgIpc) is 2.89. The van der Waals surface area contributed by atoms with Crippen molar-refractivity contribution in [2.75, 3.05) is 6.61 Å². The van der Waals surface area contributed by atoms with Gasteiger partial charge < -0.3 is 9.47 Å². The third-order valence-electron chi connectivity index (χ3n) is 5.96. The standard InChI is InChI=1S/C28H25Br4N3O3/c1-4-16(3)27-34-24-9-8-19(29)11-21(24)28(36)35(27)33-14-18-10-25(37-5-2)26(13-23(18)32)38-15-17-6-7-20(30)12-22(17)31/h6-14,16H,4-5,15H2,1-3H3/t16-/m1/s1. The number of rotatable bonds is 9. The second-order valence-corrected chi connectivity index (χ2v) is 12.1. The molecule has 0 unspecified atom stereocenters. The molecule has 1 atom stereocenters. The fourth-order valence-electron chi connectivity index (χ4n) is 3.72. The van der Waals surface area contributed by atoms with Crippen LogP contribution in [0.15, 0.2) is 76.3 Å². The molecule has 0 fully saturated rings. The predicted octanol–water partition coefficient (Wildman–Crippen LogP) is 8.82. The zero-order valence-corrected chi connectivity index (χ0v) is 27.3. The first-order valence-electron chi connectivity index (χ1n) is 12.0. The molecule has 0 aliphatic rings. The van der Waals surface area contributed by atoms with E-state index in [1.54, 1.807) is 12.3 Å².